The SMILES string of the molecule is COc1ccc(N2C(=O)C/C(=C/c3ccc(C(C)C)cc3)C2=O)cc1. The summed E-state index contributed by atoms with van der Waals surface area (Å²) in [5, 5.41) is 0. The molecule has 2 aromatic rings. The van der Waals surface area contributed by atoms with Crippen LogP contribution in [0.15, 0.2) is 54.1 Å². The molecule has 2 amide bonds. The van der Waals surface area contributed by atoms with Crippen LogP contribution in [0.3, 0.4) is 0 Å². The highest BCUT2D eigenvalue weighted by Gasteiger charge is 2.34. The normalized spacial score (nSPS) is 16.2. The van der Waals surface area contributed by atoms with Gasteiger partial charge in [-0.1, -0.05) is 38.1 Å². The van der Waals surface area contributed by atoms with E-state index in [2.05, 4.69) is 26.0 Å². The molecule has 0 aliphatic carbocycles. The average molecular weight is 335 g/mol. The summed E-state index contributed by atoms with van der Waals surface area (Å²) in [6, 6.07) is 15.0. The Kier molecular flexibility index (Phi) is 4.70. The lowest BCUT2D eigenvalue weighted by Gasteiger charge is -2.13. The van der Waals surface area contributed by atoms with Gasteiger partial charge in [0.25, 0.3) is 5.91 Å². The fraction of sp³-hybridized carbons (Fsp3) is 0.238. The van der Waals surface area contributed by atoms with Gasteiger partial charge >= 0.3 is 0 Å². The summed E-state index contributed by atoms with van der Waals surface area (Å²) in [6.45, 7) is 4.28. The number of imide groups is 1. The van der Waals surface area contributed by atoms with E-state index < -0.39 is 0 Å². The zero-order valence-electron chi connectivity index (χ0n) is 14.7. The van der Waals surface area contributed by atoms with Crippen LogP contribution in [0.5, 0.6) is 5.75 Å². The summed E-state index contributed by atoms with van der Waals surface area (Å²) in [6.07, 6.45) is 1.92. The van der Waals surface area contributed by atoms with Crippen LogP contribution in [0, 0.1) is 0 Å². The van der Waals surface area contributed by atoms with Crippen molar-refractivity contribution in [3.8, 4) is 5.75 Å². The van der Waals surface area contributed by atoms with Gasteiger partial charge in [0.2, 0.25) is 5.91 Å². The maximum absolute atomic E-state index is 12.7. The highest BCUT2D eigenvalue weighted by atomic mass is 16.5. The van der Waals surface area contributed by atoms with Gasteiger partial charge in [0.15, 0.2) is 0 Å². The Balaban J connectivity index is 1.84. The fourth-order valence-corrected chi connectivity index (χ4v) is 2.86. The molecule has 1 saturated heterocycles. The van der Waals surface area contributed by atoms with Crippen LogP contribution in [0.1, 0.15) is 37.3 Å². The molecule has 4 nitrogen and oxygen atoms in total. The van der Waals surface area contributed by atoms with Crippen molar-refractivity contribution in [3.63, 3.8) is 0 Å². The minimum atomic E-state index is -0.261. The van der Waals surface area contributed by atoms with Crippen molar-refractivity contribution in [3.05, 3.63) is 65.2 Å². The van der Waals surface area contributed by atoms with Gasteiger partial charge in [-0.3, -0.25) is 9.59 Å². The van der Waals surface area contributed by atoms with Gasteiger partial charge in [0.1, 0.15) is 5.75 Å². The van der Waals surface area contributed by atoms with Gasteiger partial charge in [0.05, 0.1) is 19.2 Å². The van der Waals surface area contributed by atoms with E-state index in [1.54, 1.807) is 37.5 Å². The zero-order valence-corrected chi connectivity index (χ0v) is 14.7. The molecule has 0 N–H and O–H groups in total. The molecule has 0 spiro atoms. The molecular weight excluding hydrogens is 314 g/mol. The molecule has 0 bridgehead atoms. The molecule has 1 heterocycles. The minimum absolute atomic E-state index is 0.122. The summed E-state index contributed by atoms with van der Waals surface area (Å²) in [5.41, 5.74) is 3.25. The molecule has 0 atom stereocenters. The topological polar surface area (TPSA) is 46.6 Å². The number of hydrogen-bond donors (Lipinski definition) is 0. The van der Waals surface area contributed by atoms with E-state index in [1.165, 1.54) is 10.5 Å². The number of carbonyl (C=O) groups excluding carboxylic acids is 2. The number of amides is 2. The number of carbonyl (C=O) groups is 2. The summed E-state index contributed by atoms with van der Waals surface area (Å²) in [5.74, 6) is 0.675. The van der Waals surface area contributed by atoms with Crippen molar-refractivity contribution in [2.45, 2.75) is 26.2 Å². The summed E-state index contributed by atoms with van der Waals surface area (Å²) < 4.78 is 5.11. The second-order valence-electron chi connectivity index (χ2n) is 6.40. The molecule has 0 saturated carbocycles. The van der Waals surface area contributed by atoms with Crippen LogP contribution in [0.25, 0.3) is 6.08 Å². The van der Waals surface area contributed by atoms with Crippen LogP contribution in [-0.4, -0.2) is 18.9 Å². The first-order chi connectivity index (χ1) is 12.0. The van der Waals surface area contributed by atoms with Crippen molar-refractivity contribution in [2.24, 2.45) is 0 Å². The Morgan fingerprint density at radius 3 is 2.20 bits per heavy atom. The van der Waals surface area contributed by atoms with E-state index in [4.69, 9.17) is 4.74 Å². The summed E-state index contributed by atoms with van der Waals surface area (Å²) in [4.78, 5) is 26.2. The molecule has 2 aromatic carbocycles. The number of rotatable bonds is 4. The van der Waals surface area contributed by atoms with Crippen molar-refractivity contribution in [1.29, 1.82) is 0 Å². The first-order valence-electron chi connectivity index (χ1n) is 8.31. The molecular formula is C21H21NO3. The van der Waals surface area contributed by atoms with E-state index in [-0.39, 0.29) is 18.2 Å². The lowest BCUT2D eigenvalue weighted by atomic mass is 10.0. The predicted molar refractivity (Wildman–Crippen MR) is 98.6 cm³/mol. The predicted octanol–water partition coefficient (Wildman–Crippen LogP) is 4.17. The highest BCUT2D eigenvalue weighted by Crippen LogP contribution is 2.29. The Hall–Kier alpha value is -2.88. The fourth-order valence-electron chi connectivity index (χ4n) is 2.86. The highest BCUT2D eigenvalue weighted by molar-refractivity contribution is 6.29. The molecule has 128 valence electrons. The van der Waals surface area contributed by atoms with Crippen LogP contribution < -0.4 is 9.64 Å². The number of hydrogen-bond acceptors (Lipinski definition) is 3. The van der Waals surface area contributed by atoms with Crippen molar-refractivity contribution >= 4 is 23.6 Å². The van der Waals surface area contributed by atoms with E-state index in [9.17, 15) is 9.59 Å². The van der Waals surface area contributed by atoms with Crippen LogP contribution in [-0.2, 0) is 9.59 Å². The molecule has 3 rings (SSSR count). The molecule has 25 heavy (non-hydrogen) atoms. The van der Waals surface area contributed by atoms with Gasteiger partial charge < -0.3 is 4.74 Å². The van der Waals surface area contributed by atoms with Crippen LogP contribution in [0.4, 0.5) is 5.69 Å². The third kappa shape index (κ3) is 3.48. The van der Waals surface area contributed by atoms with E-state index >= 15 is 0 Å². The van der Waals surface area contributed by atoms with E-state index in [1.807, 2.05) is 12.1 Å². The Morgan fingerprint density at radius 2 is 1.64 bits per heavy atom. The number of nitrogens with zero attached hydrogens (tertiary/aromatic N) is 1. The van der Waals surface area contributed by atoms with Gasteiger partial charge in [0, 0.05) is 5.57 Å². The van der Waals surface area contributed by atoms with Crippen LogP contribution >= 0.6 is 0 Å². The lowest BCUT2D eigenvalue weighted by molar-refractivity contribution is -0.120. The second-order valence-corrected chi connectivity index (χ2v) is 6.40. The summed E-state index contributed by atoms with van der Waals surface area (Å²) >= 11 is 0. The minimum Gasteiger partial charge on any atom is -0.497 e. The molecule has 0 aromatic heterocycles. The third-order valence-electron chi connectivity index (χ3n) is 4.34. The largest absolute Gasteiger partial charge is 0.497 e. The number of benzene rings is 2. The number of ether oxygens (including phenoxy) is 1. The lowest BCUT2D eigenvalue weighted by Crippen LogP contribution is -2.28. The maximum atomic E-state index is 12.7. The number of anilines is 1. The zero-order chi connectivity index (χ0) is 18.0. The molecule has 0 radical (unpaired) electrons. The maximum Gasteiger partial charge on any atom is 0.261 e. The Bertz CT molecular complexity index is 817. The molecule has 1 aliphatic heterocycles. The smallest absolute Gasteiger partial charge is 0.261 e. The first-order valence-corrected chi connectivity index (χ1v) is 8.31. The van der Waals surface area contributed by atoms with Gasteiger partial charge in [-0.25, -0.2) is 4.90 Å². The average Bonchev–Trinajstić information content (AvgIpc) is 2.89. The van der Waals surface area contributed by atoms with Gasteiger partial charge in [-0.15, -0.1) is 0 Å². The van der Waals surface area contributed by atoms with E-state index in [0.717, 1.165) is 5.56 Å². The van der Waals surface area contributed by atoms with Crippen LogP contribution in [0.2, 0.25) is 0 Å². The molecule has 1 fully saturated rings. The standard InChI is InChI=1S/C21H21NO3/c1-14(2)16-6-4-15(5-7-16)12-17-13-20(23)22(21(17)24)18-8-10-19(25-3)11-9-18/h4-12,14H,13H2,1-3H3/b17-12-. The van der Waals surface area contributed by atoms with Crippen molar-refractivity contribution in [1.82, 2.24) is 0 Å². The summed E-state index contributed by atoms with van der Waals surface area (Å²) in [7, 11) is 1.58. The quantitative estimate of drug-likeness (QED) is 0.622. The molecule has 0 unspecified atom stereocenters. The van der Waals surface area contributed by atoms with Gasteiger partial charge in [-0.2, -0.15) is 0 Å². The third-order valence-corrected chi connectivity index (χ3v) is 4.34. The monoisotopic (exact) mass is 335 g/mol. The van der Waals surface area contributed by atoms with Crippen molar-refractivity contribution in [2.75, 3.05) is 12.0 Å². The van der Waals surface area contributed by atoms with E-state index in [0.29, 0.717) is 22.9 Å². The Labute approximate surface area is 147 Å². The Morgan fingerprint density at radius 1 is 1.00 bits per heavy atom. The molecule has 4 heteroatoms. The van der Waals surface area contributed by atoms with Gasteiger partial charge in [-0.05, 0) is 47.4 Å². The number of methoxy groups -OCH3 is 1. The van der Waals surface area contributed by atoms with Crippen molar-refractivity contribution < 1.29 is 14.3 Å². The second kappa shape index (κ2) is 6.93. The molecule has 1 aliphatic rings. The first kappa shape index (κ1) is 17.0.